The highest BCUT2D eigenvalue weighted by molar-refractivity contribution is 5.55. The quantitative estimate of drug-likeness (QED) is 0.893. The highest BCUT2D eigenvalue weighted by Crippen LogP contribution is 2.16. The minimum atomic E-state index is 0.171. The van der Waals surface area contributed by atoms with Crippen molar-refractivity contribution in [3.63, 3.8) is 0 Å². The zero-order valence-electron chi connectivity index (χ0n) is 11.6. The molecule has 0 spiro atoms. The topological polar surface area (TPSA) is 51.8 Å². The van der Waals surface area contributed by atoms with Gasteiger partial charge in [0.25, 0.3) is 0 Å². The Bertz CT molecular complexity index is 520. The van der Waals surface area contributed by atoms with Crippen molar-refractivity contribution in [3.8, 4) is 11.4 Å². The lowest BCUT2D eigenvalue weighted by Crippen LogP contribution is -2.22. The normalized spacial score (nSPS) is 12.4. The van der Waals surface area contributed by atoms with Gasteiger partial charge in [0.05, 0.1) is 0 Å². The summed E-state index contributed by atoms with van der Waals surface area (Å²) < 4.78 is 0. The summed E-state index contributed by atoms with van der Waals surface area (Å²) in [4.78, 5) is 8.94. The molecule has 0 aliphatic carbocycles. The Balaban J connectivity index is 2.21. The van der Waals surface area contributed by atoms with E-state index in [1.165, 1.54) is 5.56 Å². The van der Waals surface area contributed by atoms with Crippen LogP contribution in [0.5, 0.6) is 0 Å². The monoisotopic (exact) mass is 255 g/mol. The molecule has 19 heavy (non-hydrogen) atoms. The van der Waals surface area contributed by atoms with E-state index in [2.05, 4.69) is 48.1 Å². The van der Waals surface area contributed by atoms with Crippen LogP contribution in [-0.2, 0) is 12.8 Å². The van der Waals surface area contributed by atoms with Crippen LogP contribution in [0, 0.1) is 0 Å². The van der Waals surface area contributed by atoms with E-state index in [4.69, 9.17) is 5.73 Å². The second-order valence-corrected chi connectivity index (χ2v) is 4.79. The summed E-state index contributed by atoms with van der Waals surface area (Å²) in [6.07, 6.45) is 4.63. The van der Waals surface area contributed by atoms with Crippen LogP contribution in [0.25, 0.3) is 11.4 Å². The summed E-state index contributed by atoms with van der Waals surface area (Å²) in [6, 6.07) is 10.5. The molecule has 0 radical (unpaired) electrons. The predicted molar refractivity (Wildman–Crippen MR) is 78.8 cm³/mol. The van der Waals surface area contributed by atoms with Gasteiger partial charge in [-0.1, -0.05) is 38.1 Å². The molecule has 0 fully saturated rings. The first-order valence-corrected chi connectivity index (χ1v) is 6.89. The van der Waals surface area contributed by atoms with E-state index in [9.17, 15) is 0 Å². The number of hydrogen-bond donors (Lipinski definition) is 1. The number of aryl methyl sites for hydroxylation is 1. The zero-order chi connectivity index (χ0) is 13.7. The van der Waals surface area contributed by atoms with Gasteiger partial charge in [0.15, 0.2) is 5.82 Å². The average molecular weight is 255 g/mol. The Morgan fingerprint density at radius 1 is 1.11 bits per heavy atom. The molecule has 3 heteroatoms. The maximum absolute atomic E-state index is 5.97. The molecule has 2 aromatic rings. The Morgan fingerprint density at radius 2 is 1.84 bits per heavy atom. The molecule has 1 heterocycles. The molecule has 1 aromatic carbocycles. The number of rotatable bonds is 5. The summed E-state index contributed by atoms with van der Waals surface area (Å²) in [5, 5.41) is 0. The van der Waals surface area contributed by atoms with Crippen molar-refractivity contribution in [2.75, 3.05) is 0 Å². The van der Waals surface area contributed by atoms with Gasteiger partial charge in [-0.05, 0) is 24.5 Å². The van der Waals surface area contributed by atoms with Crippen molar-refractivity contribution >= 4 is 0 Å². The molecular weight excluding hydrogens is 234 g/mol. The van der Waals surface area contributed by atoms with Crippen molar-refractivity contribution in [3.05, 3.63) is 47.8 Å². The molecule has 100 valence electrons. The molecule has 0 amide bonds. The van der Waals surface area contributed by atoms with E-state index in [-0.39, 0.29) is 6.04 Å². The van der Waals surface area contributed by atoms with Gasteiger partial charge in [-0.25, -0.2) is 9.97 Å². The number of nitrogens with two attached hydrogens (primary N) is 1. The summed E-state index contributed by atoms with van der Waals surface area (Å²) in [7, 11) is 0. The smallest absolute Gasteiger partial charge is 0.159 e. The summed E-state index contributed by atoms with van der Waals surface area (Å²) in [5.41, 5.74) is 9.37. The standard InChI is InChI=1S/C16H21N3/c1-3-12-5-7-13(8-6-12)16-18-10-9-15(19-16)11-14(17)4-2/h5-10,14H,3-4,11,17H2,1-2H3. The maximum Gasteiger partial charge on any atom is 0.159 e. The van der Waals surface area contributed by atoms with Crippen LogP contribution in [0.3, 0.4) is 0 Å². The molecule has 3 nitrogen and oxygen atoms in total. The largest absolute Gasteiger partial charge is 0.327 e. The summed E-state index contributed by atoms with van der Waals surface area (Å²) in [6.45, 7) is 4.24. The number of aromatic nitrogens is 2. The third-order valence-electron chi connectivity index (χ3n) is 3.33. The molecule has 0 aliphatic heterocycles. The third-order valence-corrected chi connectivity index (χ3v) is 3.33. The van der Waals surface area contributed by atoms with E-state index >= 15 is 0 Å². The van der Waals surface area contributed by atoms with Crippen LogP contribution < -0.4 is 5.73 Å². The van der Waals surface area contributed by atoms with Gasteiger partial charge in [0, 0.05) is 29.9 Å². The molecule has 1 unspecified atom stereocenters. The van der Waals surface area contributed by atoms with E-state index in [0.717, 1.165) is 36.3 Å². The Kier molecular flexibility index (Phi) is 4.63. The fraction of sp³-hybridized carbons (Fsp3) is 0.375. The van der Waals surface area contributed by atoms with Gasteiger partial charge < -0.3 is 5.73 Å². The second-order valence-electron chi connectivity index (χ2n) is 4.79. The minimum Gasteiger partial charge on any atom is -0.327 e. The molecule has 2 rings (SSSR count). The number of benzene rings is 1. The molecule has 1 atom stereocenters. The number of nitrogens with zero attached hydrogens (tertiary/aromatic N) is 2. The Hall–Kier alpha value is -1.74. The lowest BCUT2D eigenvalue weighted by atomic mass is 10.1. The van der Waals surface area contributed by atoms with Gasteiger partial charge in [-0.15, -0.1) is 0 Å². The lowest BCUT2D eigenvalue weighted by Gasteiger charge is -2.09. The van der Waals surface area contributed by atoms with Gasteiger partial charge in [0.2, 0.25) is 0 Å². The zero-order valence-corrected chi connectivity index (χ0v) is 11.6. The van der Waals surface area contributed by atoms with Crippen molar-refractivity contribution in [1.29, 1.82) is 0 Å². The SMILES string of the molecule is CCc1ccc(-c2nccc(CC(N)CC)n2)cc1. The van der Waals surface area contributed by atoms with Gasteiger partial charge >= 0.3 is 0 Å². The van der Waals surface area contributed by atoms with Crippen LogP contribution in [0.2, 0.25) is 0 Å². The van der Waals surface area contributed by atoms with Crippen molar-refractivity contribution in [1.82, 2.24) is 9.97 Å². The molecule has 1 aromatic heterocycles. The summed E-state index contributed by atoms with van der Waals surface area (Å²) >= 11 is 0. The van der Waals surface area contributed by atoms with E-state index in [1.807, 2.05) is 12.3 Å². The molecule has 0 saturated carbocycles. The molecule has 0 saturated heterocycles. The molecule has 2 N–H and O–H groups in total. The molecule has 0 bridgehead atoms. The fourth-order valence-corrected chi connectivity index (χ4v) is 1.95. The Labute approximate surface area is 114 Å². The minimum absolute atomic E-state index is 0.171. The Morgan fingerprint density at radius 3 is 2.47 bits per heavy atom. The second kappa shape index (κ2) is 6.43. The first-order chi connectivity index (χ1) is 9.22. The van der Waals surface area contributed by atoms with Gasteiger partial charge in [0.1, 0.15) is 0 Å². The third kappa shape index (κ3) is 3.61. The van der Waals surface area contributed by atoms with Crippen LogP contribution in [0.4, 0.5) is 0 Å². The van der Waals surface area contributed by atoms with E-state index in [1.54, 1.807) is 0 Å². The van der Waals surface area contributed by atoms with Crippen LogP contribution >= 0.6 is 0 Å². The van der Waals surface area contributed by atoms with E-state index in [0.29, 0.717) is 0 Å². The average Bonchev–Trinajstić information content (AvgIpc) is 2.47. The van der Waals surface area contributed by atoms with Crippen molar-refractivity contribution < 1.29 is 0 Å². The maximum atomic E-state index is 5.97. The number of hydrogen-bond acceptors (Lipinski definition) is 3. The highest BCUT2D eigenvalue weighted by atomic mass is 14.9. The van der Waals surface area contributed by atoms with Gasteiger partial charge in [-0.2, -0.15) is 0 Å². The first kappa shape index (κ1) is 13.7. The van der Waals surface area contributed by atoms with Crippen LogP contribution in [0.15, 0.2) is 36.5 Å². The highest BCUT2D eigenvalue weighted by Gasteiger charge is 2.06. The first-order valence-electron chi connectivity index (χ1n) is 6.89. The van der Waals surface area contributed by atoms with Crippen molar-refractivity contribution in [2.45, 2.75) is 39.2 Å². The molecule has 0 aliphatic rings. The molecular formula is C16H21N3. The predicted octanol–water partition coefficient (Wildman–Crippen LogP) is 2.99. The van der Waals surface area contributed by atoms with Gasteiger partial charge in [-0.3, -0.25) is 0 Å². The van der Waals surface area contributed by atoms with E-state index < -0.39 is 0 Å². The van der Waals surface area contributed by atoms with Crippen LogP contribution in [-0.4, -0.2) is 16.0 Å². The summed E-state index contributed by atoms with van der Waals surface area (Å²) in [5.74, 6) is 0.781. The van der Waals surface area contributed by atoms with Crippen molar-refractivity contribution in [2.24, 2.45) is 5.73 Å². The lowest BCUT2D eigenvalue weighted by molar-refractivity contribution is 0.636. The van der Waals surface area contributed by atoms with Crippen LogP contribution in [0.1, 0.15) is 31.5 Å². The fourth-order valence-electron chi connectivity index (χ4n) is 1.95.